The van der Waals surface area contributed by atoms with Gasteiger partial charge in [0.1, 0.15) is 5.69 Å². The van der Waals surface area contributed by atoms with E-state index >= 15 is 0 Å². The van der Waals surface area contributed by atoms with E-state index in [9.17, 15) is 9.59 Å². The first kappa shape index (κ1) is 16.1. The molecule has 7 heteroatoms. The topological polar surface area (TPSA) is 83.9 Å². The molecule has 1 aromatic carbocycles. The lowest BCUT2D eigenvalue weighted by atomic mass is 9.87. The second-order valence-electron chi connectivity index (χ2n) is 7.08. The first-order chi connectivity index (χ1) is 13.2. The Hall–Kier alpha value is -3.06. The number of hydroxylamine groups is 1. The Morgan fingerprint density at radius 3 is 2.30 bits per heavy atom. The zero-order chi connectivity index (χ0) is 18.4. The lowest BCUT2D eigenvalue weighted by molar-refractivity contribution is -0.0843. The summed E-state index contributed by atoms with van der Waals surface area (Å²) in [6.45, 7) is 0. The van der Waals surface area contributed by atoms with E-state index in [0.717, 1.165) is 5.69 Å². The number of amides is 2. The van der Waals surface area contributed by atoms with E-state index in [-0.39, 0.29) is 17.9 Å². The summed E-state index contributed by atoms with van der Waals surface area (Å²) in [7, 11) is 0. The Morgan fingerprint density at radius 1 is 1.00 bits per heavy atom. The third-order valence-corrected chi connectivity index (χ3v) is 5.49. The van der Waals surface area contributed by atoms with Crippen LogP contribution in [0.15, 0.2) is 53.7 Å². The van der Waals surface area contributed by atoms with Crippen molar-refractivity contribution < 1.29 is 14.4 Å². The van der Waals surface area contributed by atoms with Crippen LogP contribution in [0, 0.1) is 0 Å². The van der Waals surface area contributed by atoms with Crippen molar-refractivity contribution in [3.8, 4) is 0 Å². The smallest absolute Gasteiger partial charge is 0.261 e. The summed E-state index contributed by atoms with van der Waals surface area (Å²) in [6, 6.07) is 12.5. The van der Waals surface area contributed by atoms with Gasteiger partial charge in [0, 0.05) is 25.1 Å². The zero-order valence-corrected chi connectivity index (χ0v) is 14.6. The molecular formula is C20H18N4O3. The second kappa shape index (κ2) is 5.99. The number of carbonyl (C=O) groups is 2. The predicted octanol–water partition coefficient (Wildman–Crippen LogP) is 2.30. The average Bonchev–Trinajstić information content (AvgIpc) is 3.24. The fourth-order valence-electron chi connectivity index (χ4n) is 4.07. The molecule has 0 saturated heterocycles. The van der Waals surface area contributed by atoms with Crippen LogP contribution in [0.2, 0.25) is 0 Å². The standard InChI is InChI=1S/C20H18N4O3/c25-18-14-5-1-2-6-15(14)19(26)24(18)13-8-10-20(11-9-13)22-17(23-27-20)16-7-3-4-12-21-16/h1-7,12-13H,8-11H2,(H,22,23). The minimum Gasteiger partial charge on any atom is -0.271 e. The summed E-state index contributed by atoms with van der Waals surface area (Å²) in [6.07, 6.45) is 4.30. The quantitative estimate of drug-likeness (QED) is 0.829. The molecule has 2 aliphatic heterocycles. The summed E-state index contributed by atoms with van der Waals surface area (Å²) < 4.78 is 0. The Kier molecular flexibility index (Phi) is 3.58. The van der Waals surface area contributed by atoms with Gasteiger partial charge in [-0.3, -0.25) is 19.5 Å². The molecule has 2 amide bonds. The van der Waals surface area contributed by atoms with Crippen LogP contribution >= 0.6 is 0 Å². The number of rotatable bonds is 2. The number of carbonyl (C=O) groups excluding carboxylic acids is 2. The van der Waals surface area contributed by atoms with E-state index in [4.69, 9.17) is 9.83 Å². The number of aromatic nitrogens is 1. The van der Waals surface area contributed by atoms with Gasteiger partial charge in [-0.25, -0.2) is 15.3 Å². The number of nitrogens with one attached hydrogen (secondary N) is 1. The lowest BCUT2D eigenvalue weighted by Gasteiger charge is -2.36. The Balaban J connectivity index is 1.32. The van der Waals surface area contributed by atoms with Crippen LogP contribution in [0.1, 0.15) is 52.1 Å². The zero-order valence-electron chi connectivity index (χ0n) is 14.6. The molecule has 136 valence electrons. The Bertz CT molecular complexity index is 914. The molecule has 0 bridgehead atoms. The van der Waals surface area contributed by atoms with Gasteiger partial charge >= 0.3 is 0 Å². The first-order valence-electron chi connectivity index (χ1n) is 9.09. The normalized spacial score (nSPS) is 26.9. The highest BCUT2D eigenvalue weighted by Gasteiger charge is 2.46. The Labute approximate surface area is 156 Å². The van der Waals surface area contributed by atoms with Crippen molar-refractivity contribution >= 4 is 17.6 Å². The SMILES string of the molecule is O=C1c2ccccc2C(=O)N1C1CCC2(CC1)N=C(c1ccccn1)NO2. The highest BCUT2D eigenvalue weighted by atomic mass is 16.7. The van der Waals surface area contributed by atoms with Gasteiger partial charge in [-0.15, -0.1) is 0 Å². The van der Waals surface area contributed by atoms with Crippen molar-refractivity contribution in [2.24, 2.45) is 4.99 Å². The fourth-order valence-corrected chi connectivity index (χ4v) is 4.07. The molecule has 2 aromatic rings. The average molecular weight is 362 g/mol. The van der Waals surface area contributed by atoms with Crippen LogP contribution in [-0.4, -0.2) is 39.3 Å². The molecule has 1 aliphatic carbocycles. The molecule has 7 nitrogen and oxygen atoms in total. The highest BCUT2D eigenvalue weighted by molar-refractivity contribution is 6.21. The summed E-state index contributed by atoms with van der Waals surface area (Å²) in [5, 5.41) is 0. The van der Waals surface area contributed by atoms with Gasteiger partial charge in [0.05, 0.1) is 11.1 Å². The predicted molar refractivity (Wildman–Crippen MR) is 96.9 cm³/mol. The van der Waals surface area contributed by atoms with Gasteiger partial charge in [-0.1, -0.05) is 18.2 Å². The van der Waals surface area contributed by atoms with Gasteiger partial charge in [0.25, 0.3) is 11.8 Å². The molecule has 1 spiro atoms. The molecule has 1 aromatic heterocycles. The van der Waals surface area contributed by atoms with Crippen LogP contribution in [0.5, 0.6) is 0 Å². The first-order valence-corrected chi connectivity index (χ1v) is 9.09. The van der Waals surface area contributed by atoms with Crippen LogP contribution in [0.4, 0.5) is 0 Å². The molecule has 3 heterocycles. The molecule has 27 heavy (non-hydrogen) atoms. The molecule has 5 rings (SSSR count). The van der Waals surface area contributed by atoms with Gasteiger partial charge in [0.2, 0.25) is 0 Å². The van der Waals surface area contributed by atoms with Crippen LogP contribution in [0.25, 0.3) is 0 Å². The fraction of sp³-hybridized carbons (Fsp3) is 0.300. The highest BCUT2D eigenvalue weighted by Crippen LogP contribution is 2.39. The molecule has 1 saturated carbocycles. The molecule has 3 aliphatic rings. The van der Waals surface area contributed by atoms with Crippen molar-refractivity contribution in [3.63, 3.8) is 0 Å². The van der Waals surface area contributed by atoms with Crippen molar-refractivity contribution in [2.45, 2.75) is 37.5 Å². The van der Waals surface area contributed by atoms with Crippen LogP contribution < -0.4 is 5.48 Å². The maximum Gasteiger partial charge on any atom is 0.261 e. The molecular weight excluding hydrogens is 344 g/mol. The number of pyridine rings is 1. The van der Waals surface area contributed by atoms with E-state index in [1.807, 2.05) is 18.2 Å². The van der Waals surface area contributed by atoms with Crippen molar-refractivity contribution in [3.05, 3.63) is 65.5 Å². The number of hydrogen-bond acceptors (Lipinski definition) is 6. The van der Waals surface area contributed by atoms with Gasteiger partial charge < -0.3 is 0 Å². The Morgan fingerprint density at radius 2 is 1.67 bits per heavy atom. The molecule has 1 fully saturated rings. The molecule has 0 radical (unpaired) electrons. The van der Waals surface area contributed by atoms with E-state index < -0.39 is 5.72 Å². The van der Waals surface area contributed by atoms with Gasteiger partial charge in [-0.05, 0) is 37.1 Å². The van der Waals surface area contributed by atoms with E-state index in [1.54, 1.807) is 30.5 Å². The monoisotopic (exact) mass is 362 g/mol. The summed E-state index contributed by atoms with van der Waals surface area (Å²) in [5.74, 6) is 0.231. The summed E-state index contributed by atoms with van der Waals surface area (Å²) in [5.41, 5.74) is 3.97. The lowest BCUT2D eigenvalue weighted by Crippen LogP contribution is -2.46. The number of benzene rings is 1. The van der Waals surface area contributed by atoms with Gasteiger partial charge in [0.15, 0.2) is 11.6 Å². The molecule has 0 atom stereocenters. The number of imide groups is 1. The van der Waals surface area contributed by atoms with Gasteiger partial charge in [-0.2, -0.15) is 0 Å². The minimum atomic E-state index is -0.651. The minimum absolute atomic E-state index is 0.124. The molecule has 1 N–H and O–H groups in total. The van der Waals surface area contributed by atoms with E-state index in [0.29, 0.717) is 42.6 Å². The summed E-state index contributed by atoms with van der Waals surface area (Å²) >= 11 is 0. The molecule has 0 unspecified atom stereocenters. The van der Waals surface area contributed by atoms with Crippen molar-refractivity contribution in [1.82, 2.24) is 15.4 Å². The van der Waals surface area contributed by atoms with Crippen molar-refractivity contribution in [2.75, 3.05) is 0 Å². The van der Waals surface area contributed by atoms with Crippen LogP contribution in [0.3, 0.4) is 0 Å². The maximum absolute atomic E-state index is 12.7. The number of nitrogens with zero attached hydrogens (tertiary/aromatic N) is 3. The van der Waals surface area contributed by atoms with E-state index in [2.05, 4.69) is 10.5 Å². The summed E-state index contributed by atoms with van der Waals surface area (Å²) in [4.78, 5) is 41.6. The number of aliphatic imine (C=N–C) groups is 1. The maximum atomic E-state index is 12.7. The van der Waals surface area contributed by atoms with E-state index in [1.165, 1.54) is 4.90 Å². The van der Waals surface area contributed by atoms with Crippen molar-refractivity contribution in [1.29, 1.82) is 0 Å². The number of fused-ring (bicyclic) bond motifs is 1. The number of hydrogen-bond donors (Lipinski definition) is 1. The number of amidine groups is 1. The van der Waals surface area contributed by atoms with Crippen LogP contribution in [-0.2, 0) is 4.84 Å². The third-order valence-electron chi connectivity index (χ3n) is 5.49. The second-order valence-corrected chi connectivity index (χ2v) is 7.08. The largest absolute Gasteiger partial charge is 0.271 e. The third kappa shape index (κ3) is 2.54.